The van der Waals surface area contributed by atoms with Gasteiger partial charge in [0.15, 0.2) is 0 Å². The summed E-state index contributed by atoms with van der Waals surface area (Å²) in [6, 6.07) is 5.11. The molecule has 1 rings (SSSR count). The van der Waals surface area contributed by atoms with Crippen molar-refractivity contribution in [1.82, 2.24) is 4.72 Å². The fourth-order valence-corrected chi connectivity index (χ4v) is 3.20. The van der Waals surface area contributed by atoms with Gasteiger partial charge in [-0.3, -0.25) is 0 Å². The first-order chi connectivity index (χ1) is 7.92. The van der Waals surface area contributed by atoms with Crippen LogP contribution in [0.5, 0.6) is 0 Å². The molecule has 4 nitrogen and oxygen atoms in total. The summed E-state index contributed by atoms with van der Waals surface area (Å²) in [5.74, 6) is 0. The molecule has 1 unspecified atom stereocenters. The Kier molecular flexibility index (Phi) is 4.68. The third kappa shape index (κ3) is 3.28. The molecule has 0 spiro atoms. The van der Waals surface area contributed by atoms with Gasteiger partial charge in [-0.15, -0.1) is 0 Å². The largest absolute Gasteiger partial charge is 0.326 e. The second-order valence-corrected chi connectivity index (χ2v) is 5.86. The van der Waals surface area contributed by atoms with Crippen LogP contribution in [0.2, 0.25) is 0 Å². The van der Waals surface area contributed by atoms with Crippen molar-refractivity contribution in [2.75, 3.05) is 0 Å². The molecule has 1 aromatic rings. The highest BCUT2D eigenvalue weighted by Crippen LogP contribution is 2.18. The van der Waals surface area contributed by atoms with Gasteiger partial charge in [0.1, 0.15) is 0 Å². The van der Waals surface area contributed by atoms with E-state index in [1.165, 1.54) is 0 Å². The number of rotatable bonds is 5. The zero-order chi connectivity index (χ0) is 13.1. The van der Waals surface area contributed by atoms with Crippen molar-refractivity contribution >= 4 is 10.0 Å². The molecule has 1 atom stereocenters. The van der Waals surface area contributed by atoms with E-state index in [9.17, 15) is 8.42 Å². The predicted octanol–water partition coefficient (Wildman–Crippen LogP) is 1.53. The van der Waals surface area contributed by atoms with Gasteiger partial charge in [-0.1, -0.05) is 19.1 Å². The molecule has 0 bridgehead atoms. The van der Waals surface area contributed by atoms with Gasteiger partial charge in [0.25, 0.3) is 0 Å². The van der Waals surface area contributed by atoms with Crippen molar-refractivity contribution in [3.63, 3.8) is 0 Å². The number of hydrogen-bond acceptors (Lipinski definition) is 3. The molecule has 0 aromatic heterocycles. The minimum atomic E-state index is -3.44. The van der Waals surface area contributed by atoms with Crippen LogP contribution in [0.3, 0.4) is 0 Å². The van der Waals surface area contributed by atoms with E-state index < -0.39 is 10.0 Å². The lowest BCUT2D eigenvalue weighted by molar-refractivity contribution is 0.555. The molecule has 0 radical (unpaired) electrons. The van der Waals surface area contributed by atoms with E-state index in [2.05, 4.69) is 4.72 Å². The summed E-state index contributed by atoms with van der Waals surface area (Å²) in [5, 5.41) is 0. The summed E-state index contributed by atoms with van der Waals surface area (Å²) >= 11 is 0. The standard InChI is InChI=1S/C12H20N2O2S/c1-4-9(2)14-17(15,16)12-7-5-6-11(8-13)10(12)3/h5-7,9,14H,4,8,13H2,1-3H3. The van der Waals surface area contributed by atoms with Gasteiger partial charge in [-0.2, -0.15) is 0 Å². The van der Waals surface area contributed by atoms with Crippen molar-refractivity contribution < 1.29 is 8.42 Å². The van der Waals surface area contributed by atoms with E-state index in [0.717, 1.165) is 17.5 Å². The maximum atomic E-state index is 12.1. The lowest BCUT2D eigenvalue weighted by Crippen LogP contribution is -2.32. The normalized spacial score (nSPS) is 13.6. The van der Waals surface area contributed by atoms with E-state index in [1.807, 2.05) is 19.9 Å². The van der Waals surface area contributed by atoms with Crippen LogP contribution in [-0.4, -0.2) is 14.5 Å². The van der Waals surface area contributed by atoms with Gasteiger partial charge in [0.2, 0.25) is 10.0 Å². The molecule has 0 saturated heterocycles. The Hall–Kier alpha value is -0.910. The van der Waals surface area contributed by atoms with Crippen LogP contribution in [0.1, 0.15) is 31.4 Å². The van der Waals surface area contributed by atoms with E-state index >= 15 is 0 Å². The average molecular weight is 256 g/mol. The summed E-state index contributed by atoms with van der Waals surface area (Å²) in [5.41, 5.74) is 7.16. The first-order valence-corrected chi connectivity index (χ1v) is 7.21. The minimum Gasteiger partial charge on any atom is -0.326 e. The lowest BCUT2D eigenvalue weighted by Gasteiger charge is -2.15. The van der Waals surface area contributed by atoms with Crippen molar-refractivity contribution in [2.24, 2.45) is 5.73 Å². The Labute approximate surface area is 103 Å². The van der Waals surface area contributed by atoms with Crippen molar-refractivity contribution in [3.05, 3.63) is 29.3 Å². The van der Waals surface area contributed by atoms with Gasteiger partial charge in [0, 0.05) is 12.6 Å². The quantitative estimate of drug-likeness (QED) is 0.839. The first kappa shape index (κ1) is 14.2. The molecule has 1 aromatic carbocycles. The summed E-state index contributed by atoms with van der Waals surface area (Å²) in [6.45, 7) is 5.92. The topological polar surface area (TPSA) is 72.2 Å². The van der Waals surface area contributed by atoms with E-state index in [1.54, 1.807) is 19.1 Å². The maximum Gasteiger partial charge on any atom is 0.241 e. The highest BCUT2D eigenvalue weighted by atomic mass is 32.2. The monoisotopic (exact) mass is 256 g/mol. The third-order valence-corrected chi connectivity index (χ3v) is 4.61. The van der Waals surface area contributed by atoms with Crippen LogP contribution in [0.15, 0.2) is 23.1 Å². The van der Waals surface area contributed by atoms with Crippen LogP contribution in [0, 0.1) is 6.92 Å². The number of hydrogen-bond donors (Lipinski definition) is 2. The molecule has 0 saturated carbocycles. The van der Waals surface area contributed by atoms with Crippen LogP contribution >= 0.6 is 0 Å². The summed E-state index contributed by atoms with van der Waals surface area (Å²) in [7, 11) is -3.44. The van der Waals surface area contributed by atoms with Crippen LogP contribution in [0.25, 0.3) is 0 Å². The molecule has 0 heterocycles. The summed E-state index contributed by atoms with van der Waals surface area (Å²) < 4.78 is 26.9. The Balaban J connectivity index is 3.16. The van der Waals surface area contributed by atoms with Gasteiger partial charge >= 0.3 is 0 Å². The molecule has 0 aliphatic rings. The van der Waals surface area contributed by atoms with Crippen LogP contribution < -0.4 is 10.5 Å². The molecular formula is C12H20N2O2S. The van der Waals surface area contributed by atoms with Gasteiger partial charge in [0.05, 0.1) is 4.90 Å². The van der Waals surface area contributed by atoms with E-state index in [-0.39, 0.29) is 6.04 Å². The van der Waals surface area contributed by atoms with Crippen molar-refractivity contribution in [3.8, 4) is 0 Å². The Morgan fingerprint density at radius 3 is 2.59 bits per heavy atom. The summed E-state index contributed by atoms with van der Waals surface area (Å²) in [4.78, 5) is 0.320. The first-order valence-electron chi connectivity index (χ1n) is 5.73. The zero-order valence-corrected chi connectivity index (χ0v) is 11.3. The smallest absolute Gasteiger partial charge is 0.241 e. The third-order valence-electron chi connectivity index (χ3n) is 2.87. The Morgan fingerprint density at radius 1 is 1.41 bits per heavy atom. The molecule has 0 aliphatic heterocycles. The maximum absolute atomic E-state index is 12.1. The number of nitrogens with one attached hydrogen (secondary N) is 1. The van der Waals surface area contributed by atoms with Gasteiger partial charge < -0.3 is 5.73 Å². The van der Waals surface area contributed by atoms with Gasteiger partial charge in [-0.05, 0) is 37.5 Å². The molecule has 3 N–H and O–H groups in total. The molecule has 0 amide bonds. The zero-order valence-electron chi connectivity index (χ0n) is 10.5. The minimum absolute atomic E-state index is 0.0686. The molecule has 17 heavy (non-hydrogen) atoms. The van der Waals surface area contributed by atoms with Crippen molar-refractivity contribution in [1.29, 1.82) is 0 Å². The molecular weight excluding hydrogens is 236 g/mol. The fraction of sp³-hybridized carbons (Fsp3) is 0.500. The molecule has 0 fully saturated rings. The highest BCUT2D eigenvalue weighted by molar-refractivity contribution is 7.89. The molecule has 0 aliphatic carbocycles. The predicted molar refractivity (Wildman–Crippen MR) is 69.1 cm³/mol. The second kappa shape index (κ2) is 5.62. The average Bonchev–Trinajstić information content (AvgIpc) is 2.28. The SMILES string of the molecule is CCC(C)NS(=O)(=O)c1cccc(CN)c1C. The number of nitrogens with two attached hydrogens (primary N) is 1. The highest BCUT2D eigenvalue weighted by Gasteiger charge is 2.19. The molecule has 96 valence electrons. The van der Waals surface area contributed by atoms with E-state index in [4.69, 9.17) is 5.73 Å². The Morgan fingerprint density at radius 2 is 2.06 bits per heavy atom. The molecule has 5 heteroatoms. The van der Waals surface area contributed by atoms with Gasteiger partial charge in [-0.25, -0.2) is 13.1 Å². The van der Waals surface area contributed by atoms with Crippen LogP contribution in [-0.2, 0) is 16.6 Å². The number of sulfonamides is 1. The summed E-state index contributed by atoms with van der Waals surface area (Å²) in [6.07, 6.45) is 0.759. The van der Waals surface area contributed by atoms with E-state index in [0.29, 0.717) is 11.4 Å². The van der Waals surface area contributed by atoms with Crippen LogP contribution in [0.4, 0.5) is 0 Å². The fourth-order valence-electron chi connectivity index (χ4n) is 1.58. The lowest BCUT2D eigenvalue weighted by atomic mass is 10.1. The number of benzene rings is 1. The Bertz CT molecular complexity index is 483. The van der Waals surface area contributed by atoms with Crippen molar-refractivity contribution in [2.45, 2.75) is 44.7 Å². The second-order valence-electron chi connectivity index (χ2n) is 4.17.